The van der Waals surface area contributed by atoms with Crippen LogP contribution in [0, 0.1) is 0 Å². The van der Waals surface area contributed by atoms with Crippen molar-refractivity contribution in [2.24, 2.45) is 0 Å². The number of amides is 1. The van der Waals surface area contributed by atoms with Crippen LogP contribution in [0.25, 0.3) is 0 Å². The van der Waals surface area contributed by atoms with Crippen LogP contribution in [0.1, 0.15) is 59.1 Å². The third-order valence-electron chi connectivity index (χ3n) is 3.18. The van der Waals surface area contributed by atoms with Crippen molar-refractivity contribution in [3.63, 3.8) is 0 Å². The minimum atomic E-state index is -0.543. The molecule has 0 bridgehead atoms. The van der Waals surface area contributed by atoms with E-state index in [-0.39, 0.29) is 11.9 Å². The van der Waals surface area contributed by atoms with E-state index in [2.05, 4.69) is 15.6 Å². The fourth-order valence-corrected chi connectivity index (χ4v) is 1.69. The molecule has 0 aliphatic carbocycles. The van der Waals surface area contributed by atoms with Gasteiger partial charge in [-0.1, -0.05) is 12.1 Å². The zero-order valence-corrected chi connectivity index (χ0v) is 13.5. The van der Waals surface area contributed by atoms with Crippen molar-refractivity contribution in [1.82, 2.24) is 20.3 Å². The third-order valence-corrected chi connectivity index (χ3v) is 3.18. The lowest BCUT2D eigenvalue weighted by Crippen LogP contribution is -2.37. The largest absolute Gasteiger partial charge is 0.352 e. The summed E-state index contributed by atoms with van der Waals surface area (Å²) in [5, 5.41) is 11.0. The molecule has 0 aromatic carbocycles. The first-order valence-electron chi connectivity index (χ1n) is 7.48. The Morgan fingerprint density at radius 3 is 2.43 bits per heavy atom. The molecule has 0 saturated heterocycles. The lowest BCUT2D eigenvalue weighted by atomic mass is 10.2. The molecule has 7 heteroatoms. The van der Waals surface area contributed by atoms with E-state index in [0.717, 1.165) is 6.42 Å². The third kappa shape index (κ3) is 5.09. The summed E-state index contributed by atoms with van der Waals surface area (Å²) in [5.74, 6) is -0.0785. The molecule has 21 heavy (non-hydrogen) atoms. The van der Waals surface area contributed by atoms with E-state index in [1.165, 1.54) is 4.68 Å². The number of carbonyl (C=O) groups excluding carboxylic acids is 1. The van der Waals surface area contributed by atoms with Crippen molar-refractivity contribution in [2.45, 2.75) is 59.4 Å². The molecule has 0 aliphatic rings. The predicted octanol–water partition coefficient (Wildman–Crippen LogP) is 1.83. The fourth-order valence-electron chi connectivity index (χ4n) is 1.69. The van der Waals surface area contributed by atoms with Crippen molar-refractivity contribution in [2.75, 3.05) is 13.2 Å². The highest BCUT2D eigenvalue weighted by Gasteiger charge is 2.21. The van der Waals surface area contributed by atoms with Crippen LogP contribution in [0.2, 0.25) is 0 Å². The molecule has 2 atom stereocenters. The Kier molecular flexibility index (Phi) is 7.31. The lowest BCUT2D eigenvalue weighted by molar-refractivity contribution is -0.142. The first-order chi connectivity index (χ1) is 10.0. The summed E-state index contributed by atoms with van der Waals surface area (Å²) in [7, 11) is 0. The molecule has 0 radical (unpaired) electrons. The highest BCUT2D eigenvalue weighted by molar-refractivity contribution is 5.79. The Bertz CT molecular complexity index is 430. The molecule has 0 saturated carbocycles. The van der Waals surface area contributed by atoms with E-state index in [0.29, 0.717) is 18.9 Å². The smallest absolute Gasteiger partial charge is 0.244 e. The second-order valence-electron chi connectivity index (χ2n) is 4.86. The van der Waals surface area contributed by atoms with Gasteiger partial charge in [0.25, 0.3) is 0 Å². The zero-order valence-electron chi connectivity index (χ0n) is 13.5. The Morgan fingerprint density at radius 2 is 1.90 bits per heavy atom. The van der Waals surface area contributed by atoms with Crippen molar-refractivity contribution in [3.8, 4) is 0 Å². The van der Waals surface area contributed by atoms with Gasteiger partial charge >= 0.3 is 0 Å². The Balaban J connectivity index is 2.74. The summed E-state index contributed by atoms with van der Waals surface area (Å²) in [4.78, 5) is 12.1. The van der Waals surface area contributed by atoms with Gasteiger partial charge in [0.15, 0.2) is 0 Å². The van der Waals surface area contributed by atoms with Gasteiger partial charge in [-0.05, 0) is 34.1 Å². The Morgan fingerprint density at radius 1 is 1.29 bits per heavy atom. The maximum absolute atomic E-state index is 12.1. The number of nitrogens with zero attached hydrogens (tertiary/aromatic N) is 3. The highest BCUT2D eigenvalue weighted by atomic mass is 16.7. The summed E-state index contributed by atoms with van der Waals surface area (Å²) in [6.45, 7) is 10.6. The summed E-state index contributed by atoms with van der Waals surface area (Å²) in [6.07, 6.45) is 2.04. The monoisotopic (exact) mass is 298 g/mol. The van der Waals surface area contributed by atoms with Crippen molar-refractivity contribution >= 4 is 5.91 Å². The molecule has 7 nitrogen and oxygen atoms in total. The minimum absolute atomic E-state index is 0.0785. The van der Waals surface area contributed by atoms with Crippen LogP contribution in [-0.2, 0) is 14.3 Å². The average molecular weight is 298 g/mol. The highest BCUT2D eigenvalue weighted by Crippen LogP contribution is 2.17. The number of rotatable bonds is 9. The lowest BCUT2D eigenvalue weighted by Gasteiger charge is -2.16. The van der Waals surface area contributed by atoms with Crippen LogP contribution in [0.4, 0.5) is 0 Å². The fraction of sp³-hybridized carbons (Fsp3) is 0.786. The normalized spacial score (nSPS) is 14.2. The number of hydrogen-bond acceptors (Lipinski definition) is 5. The Labute approximate surface area is 126 Å². The second-order valence-corrected chi connectivity index (χ2v) is 4.86. The van der Waals surface area contributed by atoms with Crippen molar-refractivity contribution in [3.05, 3.63) is 11.9 Å². The molecule has 1 amide bonds. The van der Waals surface area contributed by atoms with Gasteiger partial charge in [-0.15, -0.1) is 5.10 Å². The molecule has 1 N–H and O–H groups in total. The molecule has 1 heterocycles. The molecular formula is C14H26N4O3. The maximum atomic E-state index is 12.1. The Hall–Kier alpha value is -1.47. The van der Waals surface area contributed by atoms with Crippen LogP contribution < -0.4 is 5.32 Å². The standard InChI is InChI=1S/C14H26N4O3/c1-6-10(4)15-13(19)11(5)18-9-12(16-17-18)14(20-7-2)21-8-3/h9-11,14H,6-8H2,1-5H3,(H,15,19). The zero-order chi connectivity index (χ0) is 15.8. The first kappa shape index (κ1) is 17.6. The van der Waals surface area contributed by atoms with Gasteiger partial charge in [0, 0.05) is 19.3 Å². The maximum Gasteiger partial charge on any atom is 0.244 e. The quantitative estimate of drug-likeness (QED) is 0.704. The van der Waals surface area contributed by atoms with Crippen molar-refractivity contribution in [1.29, 1.82) is 0 Å². The van der Waals surface area contributed by atoms with E-state index < -0.39 is 12.3 Å². The van der Waals surface area contributed by atoms with Gasteiger partial charge in [0.2, 0.25) is 12.2 Å². The predicted molar refractivity (Wildman–Crippen MR) is 78.6 cm³/mol. The summed E-state index contributed by atoms with van der Waals surface area (Å²) in [6, 6.07) is -0.285. The van der Waals surface area contributed by atoms with Crippen molar-refractivity contribution < 1.29 is 14.3 Å². The summed E-state index contributed by atoms with van der Waals surface area (Å²) >= 11 is 0. The number of hydrogen-bond donors (Lipinski definition) is 1. The molecule has 0 aliphatic heterocycles. The van der Waals surface area contributed by atoms with E-state index in [1.807, 2.05) is 27.7 Å². The molecule has 120 valence electrons. The van der Waals surface area contributed by atoms with E-state index in [9.17, 15) is 4.79 Å². The van der Waals surface area contributed by atoms with E-state index in [1.54, 1.807) is 13.1 Å². The molecule has 0 fully saturated rings. The topological polar surface area (TPSA) is 78.3 Å². The van der Waals surface area contributed by atoms with E-state index >= 15 is 0 Å². The summed E-state index contributed by atoms with van der Waals surface area (Å²) in [5.41, 5.74) is 0.571. The molecule has 1 aromatic rings. The molecule has 1 aromatic heterocycles. The van der Waals surface area contributed by atoms with Crippen LogP contribution >= 0.6 is 0 Å². The van der Waals surface area contributed by atoms with Crippen LogP contribution in [0.3, 0.4) is 0 Å². The minimum Gasteiger partial charge on any atom is -0.352 e. The molecule has 0 spiro atoms. The van der Waals surface area contributed by atoms with Crippen LogP contribution in [0.5, 0.6) is 0 Å². The van der Waals surface area contributed by atoms with Gasteiger partial charge in [-0.2, -0.15) is 0 Å². The van der Waals surface area contributed by atoms with Gasteiger partial charge in [-0.3, -0.25) is 4.79 Å². The van der Waals surface area contributed by atoms with Crippen LogP contribution in [0.15, 0.2) is 6.20 Å². The molecular weight excluding hydrogens is 272 g/mol. The van der Waals surface area contributed by atoms with Crippen LogP contribution in [-0.4, -0.2) is 40.2 Å². The number of ether oxygens (including phenoxy) is 2. The van der Waals surface area contributed by atoms with Gasteiger partial charge in [0.05, 0.1) is 6.20 Å². The second kappa shape index (κ2) is 8.74. The molecule has 2 unspecified atom stereocenters. The van der Waals surface area contributed by atoms with E-state index in [4.69, 9.17) is 9.47 Å². The SMILES string of the molecule is CCOC(OCC)c1cn(C(C)C(=O)NC(C)CC)nn1. The number of nitrogens with one attached hydrogen (secondary N) is 1. The molecule has 1 rings (SSSR count). The first-order valence-corrected chi connectivity index (χ1v) is 7.48. The average Bonchev–Trinajstić information content (AvgIpc) is 2.95. The summed E-state index contributed by atoms with van der Waals surface area (Å²) < 4.78 is 12.5. The van der Waals surface area contributed by atoms with Gasteiger partial charge in [-0.25, -0.2) is 4.68 Å². The van der Waals surface area contributed by atoms with Gasteiger partial charge in [0.1, 0.15) is 11.7 Å². The number of aromatic nitrogens is 3. The van der Waals surface area contributed by atoms with Gasteiger partial charge < -0.3 is 14.8 Å². The number of carbonyl (C=O) groups is 1.